The standard InChI is InChI=1S/C12H12F3N5O2/c1-6-5-8(18-22-6)10(21)19-3-4-20-9(7(19)2)16-17-11(20)12(13,14)15/h5,7H,3-4H2,1-2H3. The Morgan fingerprint density at radius 1 is 1.36 bits per heavy atom. The summed E-state index contributed by atoms with van der Waals surface area (Å²) in [6.45, 7) is 3.34. The van der Waals surface area contributed by atoms with Crippen LogP contribution in [0, 0.1) is 6.92 Å². The number of rotatable bonds is 1. The number of hydrogen-bond acceptors (Lipinski definition) is 5. The Morgan fingerprint density at radius 3 is 2.68 bits per heavy atom. The van der Waals surface area contributed by atoms with Crippen LogP contribution in [0.4, 0.5) is 13.2 Å². The Labute approximate surface area is 122 Å². The Kier molecular flexibility index (Phi) is 3.18. The molecule has 7 nitrogen and oxygen atoms in total. The van der Waals surface area contributed by atoms with Gasteiger partial charge >= 0.3 is 6.18 Å². The largest absolute Gasteiger partial charge is 0.451 e. The van der Waals surface area contributed by atoms with Gasteiger partial charge in [-0.05, 0) is 13.8 Å². The molecule has 22 heavy (non-hydrogen) atoms. The fourth-order valence-corrected chi connectivity index (χ4v) is 2.49. The molecule has 2 aromatic rings. The van der Waals surface area contributed by atoms with Gasteiger partial charge in [0.25, 0.3) is 5.91 Å². The minimum absolute atomic E-state index is 0.0237. The number of carbonyl (C=O) groups is 1. The summed E-state index contributed by atoms with van der Waals surface area (Å²) < 4.78 is 44.4. The molecule has 3 rings (SSSR count). The first-order valence-electron chi connectivity index (χ1n) is 6.53. The summed E-state index contributed by atoms with van der Waals surface area (Å²) in [4.78, 5) is 13.8. The van der Waals surface area contributed by atoms with E-state index in [2.05, 4.69) is 15.4 Å². The van der Waals surface area contributed by atoms with Crippen LogP contribution in [0.25, 0.3) is 0 Å². The molecule has 0 aliphatic carbocycles. The molecule has 2 aromatic heterocycles. The molecule has 1 unspecified atom stereocenters. The molecule has 10 heteroatoms. The molecule has 1 atom stereocenters. The van der Waals surface area contributed by atoms with Crippen LogP contribution in [0.1, 0.15) is 40.9 Å². The molecule has 0 N–H and O–H groups in total. The van der Waals surface area contributed by atoms with Gasteiger partial charge in [-0.15, -0.1) is 10.2 Å². The molecule has 0 bridgehead atoms. The lowest BCUT2D eigenvalue weighted by atomic mass is 10.2. The van der Waals surface area contributed by atoms with Gasteiger partial charge in [-0.25, -0.2) is 0 Å². The van der Waals surface area contributed by atoms with Crippen molar-refractivity contribution >= 4 is 5.91 Å². The number of aromatic nitrogens is 4. The first-order valence-corrected chi connectivity index (χ1v) is 6.53. The minimum atomic E-state index is -4.57. The Balaban J connectivity index is 1.90. The van der Waals surface area contributed by atoms with E-state index in [4.69, 9.17) is 4.52 Å². The van der Waals surface area contributed by atoms with Crippen LogP contribution in [0.15, 0.2) is 10.6 Å². The monoisotopic (exact) mass is 315 g/mol. The van der Waals surface area contributed by atoms with Gasteiger partial charge in [0, 0.05) is 19.2 Å². The smallest absolute Gasteiger partial charge is 0.361 e. The Bertz CT molecular complexity index is 721. The van der Waals surface area contributed by atoms with Crippen molar-refractivity contribution in [2.24, 2.45) is 0 Å². The maximum Gasteiger partial charge on any atom is 0.451 e. The summed E-state index contributed by atoms with van der Waals surface area (Å²) in [6, 6.07) is 0.845. The van der Waals surface area contributed by atoms with E-state index in [-0.39, 0.29) is 24.6 Å². The predicted molar refractivity (Wildman–Crippen MR) is 65.7 cm³/mol. The fraction of sp³-hybridized carbons (Fsp3) is 0.500. The summed E-state index contributed by atoms with van der Waals surface area (Å²) in [5.41, 5.74) is 0.119. The SMILES string of the molecule is Cc1cc(C(=O)N2CCn3c(nnc3C(F)(F)F)C2C)no1. The normalized spacial score (nSPS) is 18.4. The second-order valence-electron chi connectivity index (χ2n) is 5.03. The van der Waals surface area contributed by atoms with E-state index in [1.165, 1.54) is 11.0 Å². The molecule has 1 aliphatic rings. The summed E-state index contributed by atoms with van der Waals surface area (Å²) in [6.07, 6.45) is -4.57. The number of carbonyl (C=O) groups excluding carboxylic acids is 1. The summed E-state index contributed by atoms with van der Waals surface area (Å²) in [5, 5.41) is 10.4. The van der Waals surface area contributed by atoms with Crippen molar-refractivity contribution < 1.29 is 22.5 Å². The van der Waals surface area contributed by atoms with E-state index in [1.54, 1.807) is 13.8 Å². The van der Waals surface area contributed by atoms with Gasteiger partial charge in [-0.3, -0.25) is 4.79 Å². The van der Waals surface area contributed by atoms with Crippen LogP contribution in [0.2, 0.25) is 0 Å². The zero-order valence-electron chi connectivity index (χ0n) is 11.8. The maximum absolute atomic E-state index is 12.8. The van der Waals surface area contributed by atoms with Gasteiger partial charge < -0.3 is 14.0 Å². The predicted octanol–water partition coefficient (Wildman–Crippen LogP) is 1.81. The van der Waals surface area contributed by atoms with E-state index in [9.17, 15) is 18.0 Å². The van der Waals surface area contributed by atoms with Crippen LogP contribution < -0.4 is 0 Å². The highest BCUT2D eigenvalue weighted by molar-refractivity contribution is 5.92. The third kappa shape index (κ3) is 2.24. The number of nitrogens with zero attached hydrogens (tertiary/aromatic N) is 5. The van der Waals surface area contributed by atoms with Crippen molar-refractivity contribution in [1.82, 2.24) is 24.8 Å². The molecule has 1 aliphatic heterocycles. The molecule has 0 saturated heterocycles. The average molecular weight is 315 g/mol. The van der Waals surface area contributed by atoms with E-state index in [0.29, 0.717) is 5.76 Å². The highest BCUT2D eigenvalue weighted by Crippen LogP contribution is 2.33. The zero-order chi connectivity index (χ0) is 16.1. The van der Waals surface area contributed by atoms with Gasteiger partial charge in [0.1, 0.15) is 5.76 Å². The molecule has 0 fully saturated rings. The average Bonchev–Trinajstić information content (AvgIpc) is 3.04. The lowest BCUT2D eigenvalue weighted by molar-refractivity contribution is -0.148. The van der Waals surface area contributed by atoms with Gasteiger partial charge in [0.2, 0.25) is 5.82 Å². The Morgan fingerprint density at radius 2 is 2.09 bits per heavy atom. The van der Waals surface area contributed by atoms with Crippen LogP contribution in [-0.4, -0.2) is 37.3 Å². The molecule has 1 amide bonds. The molecular formula is C12H12F3N5O2. The van der Waals surface area contributed by atoms with Gasteiger partial charge in [-0.1, -0.05) is 5.16 Å². The second-order valence-corrected chi connectivity index (χ2v) is 5.03. The van der Waals surface area contributed by atoms with Crippen molar-refractivity contribution in [2.45, 2.75) is 32.6 Å². The topological polar surface area (TPSA) is 77.1 Å². The second kappa shape index (κ2) is 4.82. The fourth-order valence-electron chi connectivity index (χ4n) is 2.49. The lowest BCUT2D eigenvalue weighted by Gasteiger charge is -2.33. The molecule has 3 heterocycles. The highest BCUT2D eigenvalue weighted by atomic mass is 19.4. The van der Waals surface area contributed by atoms with Crippen molar-refractivity contribution in [2.75, 3.05) is 6.54 Å². The molecule has 0 spiro atoms. The number of aryl methyl sites for hydroxylation is 1. The third-order valence-corrected chi connectivity index (χ3v) is 3.55. The van der Waals surface area contributed by atoms with E-state index in [1.807, 2.05) is 0 Å². The van der Waals surface area contributed by atoms with Crippen molar-refractivity contribution in [1.29, 1.82) is 0 Å². The van der Waals surface area contributed by atoms with Crippen molar-refractivity contribution in [3.05, 3.63) is 29.2 Å². The molecular weight excluding hydrogens is 303 g/mol. The van der Waals surface area contributed by atoms with Crippen LogP contribution in [0.3, 0.4) is 0 Å². The Hall–Kier alpha value is -2.39. The first-order chi connectivity index (χ1) is 10.3. The summed E-state index contributed by atoms with van der Waals surface area (Å²) >= 11 is 0. The quantitative estimate of drug-likeness (QED) is 0.802. The van der Waals surface area contributed by atoms with Crippen LogP contribution in [-0.2, 0) is 12.7 Å². The third-order valence-electron chi connectivity index (χ3n) is 3.55. The van der Waals surface area contributed by atoms with E-state index < -0.39 is 23.9 Å². The van der Waals surface area contributed by atoms with Gasteiger partial charge in [-0.2, -0.15) is 13.2 Å². The number of fused-ring (bicyclic) bond motifs is 1. The van der Waals surface area contributed by atoms with Gasteiger partial charge in [0.05, 0.1) is 6.04 Å². The van der Waals surface area contributed by atoms with Crippen molar-refractivity contribution in [3.8, 4) is 0 Å². The van der Waals surface area contributed by atoms with Gasteiger partial charge in [0.15, 0.2) is 11.5 Å². The lowest BCUT2D eigenvalue weighted by Crippen LogP contribution is -2.42. The minimum Gasteiger partial charge on any atom is -0.361 e. The molecule has 0 saturated carbocycles. The van der Waals surface area contributed by atoms with Crippen molar-refractivity contribution in [3.63, 3.8) is 0 Å². The number of halogens is 3. The van der Waals surface area contributed by atoms with Crippen LogP contribution in [0.5, 0.6) is 0 Å². The number of hydrogen-bond donors (Lipinski definition) is 0. The maximum atomic E-state index is 12.8. The molecule has 118 valence electrons. The van der Waals surface area contributed by atoms with Crippen LogP contribution >= 0.6 is 0 Å². The zero-order valence-corrected chi connectivity index (χ0v) is 11.8. The summed E-state index contributed by atoms with van der Waals surface area (Å²) in [5.74, 6) is -0.867. The number of alkyl halides is 3. The number of amides is 1. The molecule has 0 radical (unpaired) electrons. The summed E-state index contributed by atoms with van der Waals surface area (Å²) in [7, 11) is 0. The van der Waals surface area contributed by atoms with E-state index >= 15 is 0 Å². The highest BCUT2D eigenvalue weighted by Gasteiger charge is 2.42. The first kappa shape index (κ1) is 14.5. The van der Waals surface area contributed by atoms with E-state index in [0.717, 1.165) is 4.57 Å². The molecule has 0 aromatic carbocycles.